The molecule has 0 aliphatic carbocycles. The zero-order valence-corrected chi connectivity index (χ0v) is 21.6. The van der Waals surface area contributed by atoms with E-state index in [2.05, 4.69) is 69.1 Å². The quantitative estimate of drug-likeness (QED) is 0.252. The van der Waals surface area contributed by atoms with Crippen LogP contribution in [0.25, 0.3) is 22.2 Å². The largest absolute Gasteiger partial charge is 0.299 e. The standard InChI is InChI=1S/C32H36N2O/c1-21(2)8-11-26(29-13-9-22(3)17-23(29)4)20-28(35)19-25-10-14-31-27(18-25)12-15-32(34-31)30-7-6-16-33-24(30)5/h6-7,9-10,12-18,21,26H,8,11,19-20H2,1-5H3. The van der Waals surface area contributed by atoms with Gasteiger partial charge in [-0.05, 0) is 86.1 Å². The fourth-order valence-corrected chi connectivity index (χ4v) is 4.95. The molecule has 0 bridgehead atoms. The first kappa shape index (κ1) is 24.8. The van der Waals surface area contributed by atoms with Crippen molar-refractivity contribution in [3.63, 3.8) is 0 Å². The predicted molar refractivity (Wildman–Crippen MR) is 146 cm³/mol. The Bertz CT molecular complexity index is 1340. The van der Waals surface area contributed by atoms with E-state index in [4.69, 9.17) is 4.98 Å². The van der Waals surface area contributed by atoms with Crippen LogP contribution < -0.4 is 0 Å². The molecular weight excluding hydrogens is 428 g/mol. The number of hydrogen-bond donors (Lipinski definition) is 0. The van der Waals surface area contributed by atoms with Gasteiger partial charge in [-0.2, -0.15) is 0 Å². The molecule has 2 heterocycles. The summed E-state index contributed by atoms with van der Waals surface area (Å²) in [6, 6.07) is 21.0. The molecule has 0 spiro atoms. The lowest BCUT2D eigenvalue weighted by Gasteiger charge is -2.20. The number of hydrogen-bond acceptors (Lipinski definition) is 3. The fourth-order valence-electron chi connectivity index (χ4n) is 4.95. The van der Waals surface area contributed by atoms with Crippen LogP contribution in [0.2, 0.25) is 0 Å². The Labute approximate surface area is 209 Å². The van der Waals surface area contributed by atoms with Crippen molar-refractivity contribution in [2.75, 3.05) is 0 Å². The number of nitrogens with zero attached hydrogens (tertiary/aromatic N) is 2. The van der Waals surface area contributed by atoms with E-state index in [9.17, 15) is 4.79 Å². The molecule has 3 heteroatoms. The van der Waals surface area contributed by atoms with Crippen LogP contribution in [0.1, 0.15) is 67.0 Å². The minimum atomic E-state index is 0.276. The van der Waals surface area contributed by atoms with Gasteiger partial charge in [0.25, 0.3) is 0 Å². The summed E-state index contributed by atoms with van der Waals surface area (Å²) < 4.78 is 0. The first-order chi connectivity index (χ1) is 16.8. The Kier molecular flexibility index (Phi) is 7.75. The van der Waals surface area contributed by atoms with Crippen LogP contribution in [0.3, 0.4) is 0 Å². The number of aryl methyl sites for hydroxylation is 3. The molecule has 1 atom stereocenters. The van der Waals surface area contributed by atoms with E-state index in [1.807, 2.05) is 31.2 Å². The van der Waals surface area contributed by atoms with Crippen molar-refractivity contribution in [2.24, 2.45) is 5.92 Å². The van der Waals surface area contributed by atoms with Crippen molar-refractivity contribution in [1.82, 2.24) is 9.97 Å². The molecule has 3 nitrogen and oxygen atoms in total. The third-order valence-corrected chi connectivity index (χ3v) is 6.87. The molecule has 1 unspecified atom stereocenters. The highest BCUT2D eigenvalue weighted by atomic mass is 16.1. The van der Waals surface area contributed by atoms with Crippen molar-refractivity contribution < 1.29 is 4.79 Å². The lowest BCUT2D eigenvalue weighted by Crippen LogP contribution is -2.12. The summed E-state index contributed by atoms with van der Waals surface area (Å²) >= 11 is 0. The second kappa shape index (κ2) is 10.9. The molecule has 2 aromatic heterocycles. The van der Waals surface area contributed by atoms with Gasteiger partial charge in [0.2, 0.25) is 0 Å². The summed E-state index contributed by atoms with van der Waals surface area (Å²) in [4.78, 5) is 22.4. The molecule has 0 N–H and O–H groups in total. The second-order valence-corrected chi connectivity index (χ2v) is 10.3. The van der Waals surface area contributed by atoms with E-state index in [0.717, 1.165) is 46.3 Å². The van der Waals surface area contributed by atoms with Gasteiger partial charge in [-0.1, -0.05) is 56.2 Å². The zero-order valence-electron chi connectivity index (χ0n) is 21.6. The molecule has 35 heavy (non-hydrogen) atoms. The Morgan fingerprint density at radius 2 is 1.74 bits per heavy atom. The lowest BCUT2D eigenvalue weighted by molar-refractivity contribution is -0.118. The third kappa shape index (κ3) is 6.22. The van der Waals surface area contributed by atoms with E-state index in [1.165, 1.54) is 16.7 Å². The van der Waals surface area contributed by atoms with Gasteiger partial charge in [-0.3, -0.25) is 9.78 Å². The van der Waals surface area contributed by atoms with Crippen LogP contribution >= 0.6 is 0 Å². The van der Waals surface area contributed by atoms with E-state index in [1.54, 1.807) is 6.20 Å². The van der Waals surface area contributed by atoms with Gasteiger partial charge in [0.05, 0.1) is 11.2 Å². The molecule has 0 saturated carbocycles. The minimum absolute atomic E-state index is 0.276. The fraction of sp³-hybridized carbons (Fsp3) is 0.344. The second-order valence-electron chi connectivity index (χ2n) is 10.3. The van der Waals surface area contributed by atoms with Crippen LogP contribution in [0.4, 0.5) is 0 Å². The molecule has 0 radical (unpaired) electrons. The van der Waals surface area contributed by atoms with Gasteiger partial charge in [0.1, 0.15) is 5.78 Å². The summed E-state index contributed by atoms with van der Waals surface area (Å²) in [5.74, 6) is 1.21. The highest BCUT2D eigenvalue weighted by Crippen LogP contribution is 2.31. The highest BCUT2D eigenvalue weighted by Gasteiger charge is 2.19. The minimum Gasteiger partial charge on any atom is -0.299 e. The lowest BCUT2D eigenvalue weighted by atomic mass is 9.84. The number of ketones is 1. The van der Waals surface area contributed by atoms with Gasteiger partial charge in [0, 0.05) is 35.7 Å². The van der Waals surface area contributed by atoms with Crippen molar-refractivity contribution in [3.8, 4) is 11.3 Å². The number of carbonyl (C=O) groups is 1. The number of benzene rings is 2. The summed E-state index contributed by atoms with van der Waals surface area (Å²) in [6.07, 6.45) is 5.03. The normalized spacial score (nSPS) is 12.3. The van der Waals surface area contributed by atoms with E-state index >= 15 is 0 Å². The van der Waals surface area contributed by atoms with Crippen molar-refractivity contribution in [1.29, 1.82) is 0 Å². The van der Waals surface area contributed by atoms with Crippen LogP contribution in [0.5, 0.6) is 0 Å². The molecule has 2 aromatic carbocycles. The number of Topliss-reactive ketones (excluding diaryl/α,β-unsaturated/α-hetero) is 1. The van der Waals surface area contributed by atoms with Gasteiger partial charge in [0.15, 0.2) is 0 Å². The maximum absolute atomic E-state index is 13.2. The molecule has 0 fully saturated rings. The summed E-state index contributed by atoms with van der Waals surface area (Å²) in [5, 5.41) is 1.06. The monoisotopic (exact) mass is 464 g/mol. The third-order valence-electron chi connectivity index (χ3n) is 6.87. The van der Waals surface area contributed by atoms with Gasteiger partial charge in [-0.15, -0.1) is 0 Å². The van der Waals surface area contributed by atoms with Crippen LogP contribution in [0.15, 0.2) is 66.9 Å². The van der Waals surface area contributed by atoms with Gasteiger partial charge >= 0.3 is 0 Å². The molecule has 4 rings (SSSR count). The number of rotatable bonds is 9. The number of pyridine rings is 2. The number of carbonyl (C=O) groups excluding carboxylic acids is 1. The van der Waals surface area contributed by atoms with Crippen LogP contribution in [-0.4, -0.2) is 15.8 Å². The van der Waals surface area contributed by atoms with Gasteiger partial charge < -0.3 is 0 Å². The molecule has 0 saturated heterocycles. The number of aromatic nitrogens is 2. The molecule has 0 amide bonds. The van der Waals surface area contributed by atoms with Gasteiger partial charge in [-0.25, -0.2) is 4.98 Å². The van der Waals surface area contributed by atoms with Crippen molar-refractivity contribution >= 4 is 16.7 Å². The first-order valence-corrected chi connectivity index (χ1v) is 12.7. The van der Waals surface area contributed by atoms with E-state index < -0.39 is 0 Å². The Morgan fingerprint density at radius 3 is 2.49 bits per heavy atom. The molecule has 4 aromatic rings. The molecule has 180 valence electrons. The maximum Gasteiger partial charge on any atom is 0.137 e. The Morgan fingerprint density at radius 1 is 0.914 bits per heavy atom. The van der Waals surface area contributed by atoms with E-state index in [-0.39, 0.29) is 5.92 Å². The zero-order chi connectivity index (χ0) is 24.9. The maximum atomic E-state index is 13.2. The number of fused-ring (bicyclic) bond motifs is 1. The Hall–Kier alpha value is -3.33. The summed E-state index contributed by atoms with van der Waals surface area (Å²) in [5.41, 5.74) is 8.82. The molecular formula is C32H36N2O. The molecule has 0 aliphatic rings. The Balaban J connectivity index is 1.51. The SMILES string of the molecule is Cc1ccc(C(CCC(C)C)CC(=O)Cc2ccc3nc(-c4cccnc4C)ccc3c2)c(C)c1. The first-order valence-electron chi connectivity index (χ1n) is 12.7. The van der Waals surface area contributed by atoms with Crippen LogP contribution in [0, 0.1) is 26.7 Å². The van der Waals surface area contributed by atoms with Crippen molar-refractivity contribution in [3.05, 3.63) is 94.8 Å². The average Bonchev–Trinajstić information content (AvgIpc) is 2.82. The summed E-state index contributed by atoms with van der Waals surface area (Å²) in [7, 11) is 0. The highest BCUT2D eigenvalue weighted by molar-refractivity contribution is 5.86. The summed E-state index contributed by atoms with van der Waals surface area (Å²) in [6.45, 7) is 10.8. The topological polar surface area (TPSA) is 42.9 Å². The van der Waals surface area contributed by atoms with Crippen LogP contribution in [-0.2, 0) is 11.2 Å². The predicted octanol–water partition coefficient (Wildman–Crippen LogP) is 7.94. The van der Waals surface area contributed by atoms with Crippen molar-refractivity contribution in [2.45, 2.75) is 66.2 Å². The smallest absolute Gasteiger partial charge is 0.137 e. The average molecular weight is 465 g/mol. The molecule has 0 aliphatic heterocycles. The van der Waals surface area contributed by atoms with E-state index in [0.29, 0.717) is 24.5 Å².